The molecule has 0 radical (unpaired) electrons. The summed E-state index contributed by atoms with van der Waals surface area (Å²) in [5, 5.41) is 0. The first-order chi connectivity index (χ1) is 4.18. The summed E-state index contributed by atoms with van der Waals surface area (Å²) in [7, 11) is 0. The van der Waals surface area contributed by atoms with Gasteiger partial charge >= 0.3 is 0 Å². The molecule has 0 rings (SSSR count). The Morgan fingerprint density at radius 2 is 1.33 bits per heavy atom. The van der Waals surface area contributed by atoms with Gasteiger partial charge < -0.3 is 0 Å². The lowest BCUT2D eigenvalue weighted by molar-refractivity contribution is 1.34. The maximum atomic E-state index is 2.14. The van der Waals surface area contributed by atoms with Gasteiger partial charge in [-0.05, 0) is 31.9 Å². The summed E-state index contributed by atoms with van der Waals surface area (Å²) < 4.78 is 0. The standard InChI is InChI=1S/C6H12S.C2H6/c1-5(2)6(3)7-4;1-2/h1-4H3;1-2H3. The van der Waals surface area contributed by atoms with Crippen LogP contribution >= 0.6 is 11.8 Å². The Hall–Kier alpha value is 0.0900. The topological polar surface area (TPSA) is 0 Å². The fourth-order valence-corrected chi connectivity index (χ4v) is 0.612. The first-order valence-electron chi connectivity index (χ1n) is 3.36. The lowest BCUT2D eigenvalue weighted by atomic mass is 10.3. The molecule has 0 atom stereocenters. The number of rotatable bonds is 1. The van der Waals surface area contributed by atoms with E-state index in [1.54, 1.807) is 0 Å². The third-order valence-electron chi connectivity index (χ3n) is 1.01. The molecule has 0 aliphatic carbocycles. The fraction of sp³-hybridized carbons (Fsp3) is 0.750. The van der Waals surface area contributed by atoms with Crippen molar-refractivity contribution in [3.05, 3.63) is 10.5 Å². The molecule has 0 heterocycles. The van der Waals surface area contributed by atoms with Gasteiger partial charge in [-0.2, -0.15) is 0 Å². The monoisotopic (exact) mass is 146 g/mol. The molecule has 0 saturated heterocycles. The molecule has 0 fully saturated rings. The number of hydrogen-bond donors (Lipinski definition) is 0. The number of thioether (sulfide) groups is 1. The van der Waals surface area contributed by atoms with Crippen LogP contribution in [0.2, 0.25) is 0 Å². The molecule has 0 saturated carbocycles. The van der Waals surface area contributed by atoms with Gasteiger partial charge in [0.25, 0.3) is 0 Å². The summed E-state index contributed by atoms with van der Waals surface area (Å²) in [6.45, 7) is 10.4. The molecule has 0 aromatic carbocycles. The van der Waals surface area contributed by atoms with E-state index in [4.69, 9.17) is 0 Å². The van der Waals surface area contributed by atoms with Gasteiger partial charge in [0.15, 0.2) is 0 Å². The summed E-state index contributed by atoms with van der Waals surface area (Å²) in [6, 6.07) is 0. The van der Waals surface area contributed by atoms with E-state index < -0.39 is 0 Å². The molecular weight excluding hydrogens is 128 g/mol. The van der Waals surface area contributed by atoms with Crippen LogP contribution in [-0.4, -0.2) is 6.26 Å². The average Bonchev–Trinajstić information content (AvgIpc) is 1.91. The zero-order valence-electron chi connectivity index (χ0n) is 7.41. The number of allylic oxidation sites excluding steroid dienone is 2. The Balaban J connectivity index is 0. The molecule has 0 aromatic rings. The van der Waals surface area contributed by atoms with Crippen LogP contribution in [0.5, 0.6) is 0 Å². The van der Waals surface area contributed by atoms with Gasteiger partial charge in [-0.15, -0.1) is 11.8 Å². The minimum Gasteiger partial charge on any atom is -0.134 e. The fourth-order valence-electron chi connectivity index (χ4n) is 0.204. The van der Waals surface area contributed by atoms with E-state index in [0.29, 0.717) is 0 Å². The van der Waals surface area contributed by atoms with Gasteiger partial charge in [-0.1, -0.05) is 19.4 Å². The zero-order chi connectivity index (χ0) is 7.86. The molecule has 0 amide bonds. The van der Waals surface area contributed by atoms with Crippen molar-refractivity contribution < 1.29 is 0 Å². The van der Waals surface area contributed by atoms with Crippen molar-refractivity contribution in [1.82, 2.24) is 0 Å². The van der Waals surface area contributed by atoms with Crippen molar-refractivity contribution in [2.24, 2.45) is 0 Å². The molecular formula is C8H18S. The van der Waals surface area contributed by atoms with Crippen LogP contribution < -0.4 is 0 Å². The van der Waals surface area contributed by atoms with Crippen molar-refractivity contribution in [2.75, 3.05) is 6.26 Å². The molecule has 0 aliphatic heterocycles. The summed E-state index contributed by atoms with van der Waals surface area (Å²) >= 11 is 1.81. The minimum absolute atomic E-state index is 1.42. The van der Waals surface area contributed by atoms with E-state index in [0.717, 1.165) is 0 Å². The first kappa shape index (κ1) is 11.8. The average molecular weight is 146 g/mol. The molecule has 9 heavy (non-hydrogen) atoms. The molecule has 0 aromatic heterocycles. The van der Waals surface area contributed by atoms with Crippen LogP contribution in [0, 0.1) is 0 Å². The van der Waals surface area contributed by atoms with E-state index in [1.807, 2.05) is 25.6 Å². The van der Waals surface area contributed by atoms with Crippen LogP contribution in [0.3, 0.4) is 0 Å². The molecule has 0 nitrogen and oxygen atoms in total. The van der Waals surface area contributed by atoms with Crippen molar-refractivity contribution in [3.63, 3.8) is 0 Å². The molecule has 0 spiro atoms. The normalized spacial score (nSPS) is 7.33. The summed E-state index contributed by atoms with van der Waals surface area (Å²) in [5.74, 6) is 0. The molecule has 1 heteroatoms. The summed E-state index contributed by atoms with van der Waals surface area (Å²) in [4.78, 5) is 1.43. The highest BCUT2D eigenvalue weighted by Crippen LogP contribution is 2.13. The highest BCUT2D eigenvalue weighted by atomic mass is 32.2. The van der Waals surface area contributed by atoms with E-state index in [2.05, 4.69) is 27.0 Å². The third kappa shape index (κ3) is 8.09. The number of hydrogen-bond acceptors (Lipinski definition) is 1. The minimum atomic E-state index is 1.42. The largest absolute Gasteiger partial charge is 0.134 e. The Bertz CT molecular complexity index is 78.6. The van der Waals surface area contributed by atoms with Crippen LogP contribution in [0.25, 0.3) is 0 Å². The maximum absolute atomic E-state index is 2.14. The smallest absolute Gasteiger partial charge is 0.0140 e. The van der Waals surface area contributed by atoms with E-state index >= 15 is 0 Å². The lowest BCUT2D eigenvalue weighted by Crippen LogP contribution is -1.68. The highest BCUT2D eigenvalue weighted by molar-refractivity contribution is 8.02. The predicted molar refractivity (Wildman–Crippen MR) is 48.9 cm³/mol. The first-order valence-corrected chi connectivity index (χ1v) is 4.59. The van der Waals surface area contributed by atoms with E-state index in [9.17, 15) is 0 Å². The van der Waals surface area contributed by atoms with Crippen molar-refractivity contribution in [3.8, 4) is 0 Å². The van der Waals surface area contributed by atoms with Gasteiger partial charge in [0, 0.05) is 0 Å². The lowest BCUT2D eigenvalue weighted by Gasteiger charge is -1.94. The summed E-state index contributed by atoms with van der Waals surface area (Å²) in [5.41, 5.74) is 1.42. The van der Waals surface area contributed by atoms with E-state index in [-0.39, 0.29) is 0 Å². The van der Waals surface area contributed by atoms with E-state index in [1.165, 1.54) is 10.5 Å². The SMILES string of the molecule is CC.CSC(C)=C(C)C. The van der Waals surface area contributed by atoms with Gasteiger partial charge in [0.1, 0.15) is 0 Å². The van der Waals surface area contributed by atoms with Crippen molar-refractivity contribution in [1.29, 1.82) is 0 Å². The van der Waals surface area contributed by atoms with Gasteiger partial charge in [0.2, 0.25) is 0 Å². The quantitative estimate of drug-likeness (QED) is 0.543. The van der Waals surface area contributed by atoms with Gasteiger partial charge in [-0.3, -0.25) is 0 Å². The Morgan fingerprint density at radius 1 is 1.00 bits per heavy atom. The summed E-state index contributed by atoms with van der Waals surface area (Å²) in [6.07, 6.45) is 2.10. The van der Waals surface area contributed by atoms with Gasteiger partial charge in [-0.25, -0.2) is 0 Å². The predicted octanol–water partition coefficient (Wildman–Crippen LogP) is 3.69. The van der Waals surface area contributed by atoms with Crippen LogP contribution in [0.15, 0.2) is 10.5 Å². The third-order valence-corrected chi connectivity index (χ3v) is 2.03. The highest BCUT2D eigenvalue weighted by Gasteiger charge is 1.83. The molecule has 0 bridgehead atoms. The van der Waals surface area contributed by atoms with Crippen LogP contribution in [0.4, 0.5) is 0 Å². The second-order valence-corrected chi connectivity index (χ2v) is 2.78. The zero-order valence-corrected chi connectivity index (χ0v) is 8.22. The second-order valence-electron chi connectivity index (χ2n) is 1.76. The molecule has 56 valence electrons. The van der Waals surface area contributed by atoms with Gasteiger partial charge in [0.05, 0.1) is 0 Å². The molecule has 0 N–H and O–H groups in total. The van der Waals surface area contributed by atoms with Crippen LogP contribution in [0.1, 0.15) is 34.6 Å². The molecule has 0 aliphatic rings. The van der Waals surface area contributed by atoms with Crippen LogP contribution in [-0.2, 0) is 0 Å². The Labute approximate surface area is 63.7 Å². The van der Waals surface area contributed by atoms with Crippen molar-refractivity contribution >= 4 is 11.8 Å². The Morgan fingerprint density at radius 3 is 1.33 bits per heavy atom. The second kappa shape index (κ2) is 8.09. The van der Waals surface area contributed by atoms with Crippen molar-refractivity contribution in [2.45, 2.75) is 34.6 Å². The Kier molecular flexibility index (Phi) is 10.6. The molecule has 0 unspecified atom stereocenters. The maximum Gasteiger partial charge on any atom is -0.0140 e.